The van der Waals surface area contributed by atoms with Gasteiger partial charge in [0.25, 0.3) is 0 Å². The molecule has 0 saturated carbocycles. The zero-order valence-corrected chi connectivity index (χ0v) is 35.7. The zero-order valence-electron chi connectivity index (χ0n) is 34.9. The Kier molecular flexibility index (Phi) is 31.4. The number of unbranched alkanes of at least 4 members (excludes halogenated alkanes) is 2. The lowest BCUT2D eigenvalue weighted by Crippen LogP contribution is -2.44. The molecule has 0 bridgehead atoms. The minimum Gasteiger partial charge on any atom is -0.378 e. The lowest BCUT2D eigenvalue weighted by molar-refractivity contribution is -0.138. The number of amides is 8. The van der Waals surface area contributed by atoms with Crippen molar-refractivity contribution in [1.82, 2.24) is 36.8 Å². The maximum Gasteiger partial charge on any atom is 0.242 e. The fourth-order valence-electron chi connectivity index (χ4n) is 5.27. The first-order valence-corrected chi connectivity index (χ1v) is 21.6. The summed E-state index contributed by atoms with van der Waals surface area (Å²) < 4.78 is 21.5. The summed E-state index contributed by atoms with van der Waals surface area (Å²) in [4.78, 5) is 98.4. The molecule has 338 valence electrons. The van der Waals surface area contributed by atoms with Crippen LogP contribution in [0.15, 0.2) is 0 Å². The molecule has 21 heteroatoms. The first-order chi connectivity index (χ1) is 28.5. The summed E-state index contributed by atoms with van der Waals surface area (Å²) >= 11 is 1.49. The predicted octanol–water partition coefficient (Wildman–Crippen LogP) is -1.51. The molecule has 2 unspecified atom stereocenters. The highest BCUT2D eigenvalue weighted by molar-refractivity contribution is 8.00. The van der Waals surface area contributed by atoms with Crippen LogP contribution in [-0.2, 0) is 57.3 Å². The normalized spacial score (nSPS) is 14.2. The van der Waals surface area contributed by atoms with Gasteiger partial charge in [-0.25, -0.2) is 0 Å². The van der Waals surface area contributed by atoms with Crippen molar-refractivity contribution in [2.75, 3.05) is 105 Å². The van der Waals surface area contributed by atoms with E-state index in [1.54, 1.807) is 0 Å². The number of nitrogens with zero attached hydrogens (tertiary/aromatic N) is 1. The number of ether oxygens (including phenoxy) is 4. The lowest BCUT2D eigenvalue weighted by Gasteiger charge is -2.16. The number of carbonyl (C=O) groups is 8. The second-order valence-corrected chi connectivity index (χ2v) is 14.8. The monoisotopic (exact) mass is 860 g/mol. The average Bonchev–Trinajstić information content (AvgIpc) is 3.48. The minimum atomic E-state index is -0.928. The Morgan fingerprint density at radius 3 is 1.63 bits per heavy atom. The van der Waals surface area contributed by atoms with Gasteiger partial charge in [-0.3, -0.25) is 43.3 Å². The van der Waals surface area contributed by atoms with Gasteiger partial charge in [0.2, 0.25) is 47.3 Å². The van der Waals surface area contributed by atoms with Gasteiger partial charge in [-0.1, -0.05) is 13.3 Å². The van der Waals surface area contributed by atoms with Crippen molar-refractivity contribution in [3.63, 3.8) is 0 Å². The first kappa shape index (κ1) is 53.1. The third-order valence-corrected chi connectivity index (χ3v) is 9.90. The summed E-state index contributed by atoms with van der Waals surface area (Å²) in [5.41, 5.74) is 5.45. The van der Waals surface area contributed by atoms with E-state index in [9.17, 15) is 38.4 Å². The zero-order chi connectivity index (χ0) is 43.5. The van der Waals surface area contributed by atoms with E-state index in [1.807, 2.05) is 7.05 Å². The Hall–Kier alpha value is -3.89. The van der Waals surface area contributed by atoms with Crippen LogP contribution in [0.5, 0.6) is 0 Å². The molecule has 1 rings (SSSR count). The number of nitrogens with two attached hydrogens (primary N) is 1. The molecule has 59 heavy (non-hydrogen) atoms. The SMILES string of the molecule is CCCCSC1CC(=O)N(CCC(=O)NCCCCC(NC(=O)CCC(=O)NCCOCCOCCNC(=O)CCC(=O)NCCOCCOCCNC)C(N)=O)C1=O. The smallest absolute Gasteiger partial charge is 0.242 e. The Morgan fingerprint density at radius 2 is 1.14 bits per heavy atom. The molecule has 0 aromatic heterocycles. The quantitative estimate of drug-likeness (QED) is 0.0275. The molecule has 0 spiro atoms. The summed E-state index contributed by atoms with van der Waals surface area (Å²) in [6.07, 6.45) is 3.27. The second-order valence-electron chi connectivity index (χ2n) is 13.5. The number of imide groups is 1. The van der Waals surface area contributed by atoms with Crippen molar-refractivity contribution < 1.29 is 57.3 Å². The summed E-state index contributed by atoms with van der Waals surface area (Å²) in [7, 11) is 1.85. The standard InChI is InChI=1S/C38H68N8O12S/c1-3-4-27-59-30-28-36(52)46(38(30)54)18-12-34(50)41-13-6-5-7-29(37(39)53)45-35(51)11-10-33(49)44-17-22-58-26-25-57-21-16-43-32(48)9-8-31(47)42-15-20-56-24-23-55-19-14-40-2/h29-30,40H,3-28H2,1-2H3,(H2,39,53)(H,41,50)(H,42,47)(H,43,48)(H,44,49)(H,45,51). The van der Waals surface area contributed by atoms with Gasteiger partial charge in [-0.2, -0.15) is 0 Å². The Balaban J connectivity index is 2.01. The highest BCUT2D eigenvalue weighted by Crippen LogP contribution is 2.26. The van der Waals surface area contributed by atoms with E-state index in [0.29, 0.717) is 52.4 Å². The topological polar surface area (TPSA) is 275 Å². The number of likely N-dealkylation sites (N-methyl/N-ethyl adjacent to an activating group) is 1. The Bertz CT molecular complexity index is 1280. The van der Waals surface area contributed by atoms with Gasteiger partial charge in [0.15, 0.2) is 0 Å². The molecule has 1 fully saturated rings. The second kappa shape index (κ2) is 34.9. The van der Waals surface area contributed by atoms with Crippen LogP contribution in [0.2, 0.25) is 0 Å². The van der Waals surface area contributed by atoms with Crippen molar-refractivity contribution in [1.29, 1.82) is 0 Å². The van der Waals surface area contributed by atoms with Gasteiger partial charge in [0, 0.05) is 77.8 Å². The molecule has 1 aliphatic rings. The summed E-state index contributed by atoms with van der Waals surface area (Å²) in [6, 6.07) is -0.928. The van der Waals surface area contributed by atoms with E-state index in [2.05, 4.69) is 38.8 Å². The highest BCUT2D eigenvalue weighted by atomic mass is 32.2. The number of likely N-dealkylation sites (tertiary alicyclic amines) is 1. The Labute approximate surface area is 352 Å². The maximum absolute atomic E-state index is 12.5. The van der Waals surface area contributed by atoms with Gasteiger partial charge in [0.05, 0.1) is 58.1 Å². The molecule has 8 N–H and O–H groups in total. The van der Waals surface area contributed by atoms with Gasteiger partial charge in [0.1, 0.15) is 6.04 Å². The highest BCUT2D eigenvalue weighted by Gasteiger charge is 2.38. The molecule has 0 aliphatic carbocycles. The van der Waals surface area contributed by atoms with Gasteiger partial charge >= 0.3 is 0 Å². The molecular weight excluding hydrogens is 793 g/mol. The molecular formula is C38H68N8O12S. The van der Waals surface area contributed by atoms with E-state index in [1.165, 1.54) is 11.8 Å². The summed E-state index contributed by atoms with van der Waals surface area (Å²) in [5.74, 6) is -2.05. The number of hydrogen-bond acceptors (Lipinski definition) is 14. The van der Waals surface area contributed by atoms with Crippen molar-refractivity contribution in [3.8, 4) is 0 Å². The van der Waals surface area contributed by atoms with Crippen molar-refractivity contribution in [2.45, 2.75) is 88.8 Å². The van der Waals surface area contributed by atoms with Crippen LogP contribution in [0, 0.1) is 0 Å². The van der Waals surface area contributed by atoms with Crippen LogP contribution in [0.3, 0.4) is 0 Å². The number of hydrogen-bond donors (Lipinski definition) is 7. The van der Waals surface area contributed by atoms with E-state index < -0.39 is 17.9 Å². The molecule has 0 radical (unpaired) electrons. The van der Waals surface area contributed by atoms with Crippen LogP contribution >= 0.6 is 11.8 Å². The largest absolute Gasteiger partial charge is 0.378 e. The van der Waals surface area contributed by atoms with Gasteiger partial charge < -0.3 is 56.6 Å². The summed E-state index contributed by atoms with van der Waals surface area (Å²) in [6.45, 7) is 6.95. The molecule has 2 atom stereocenters. The van der Waals surface area contributed by atoms with Crippen LogP contribution in [-0.4, -0.2) is 168 Å². The Morgan fingerprint density at radius 1 is 0.661 bits per heavy atom. The van der Waals surface area contributed by atoms with Crippen LogP contribution < -0.4 is 37.6 Å². The van der Waals surface area contributed by atoms with Gasteiger partial charge in [-0.15, -0.1) is 11.8 Å². The third-order valence-electron chi connectivity index (χ3n) is 8.61. The molecule has 0 aromatic carbocycles. The summed E-state index contributed by atoms with van der Waals surface area (Å²) in [5, 5.41) is 15.9. The number of carbonyl (C=O) groups excluding carboxylic acids is 8. The van der Waals surface area contributed by atoms with Crippen molar-refractivity contribution >= 4 is 59.0 Å². The van der Waals surface area contributed by atoms with E-state index >= 15 is 0 Å². The van der Waals surface area contributed by atoms with Crippen LogP contribution in [0.4, 0.5) is 0 Å². The van der Waals surface area contributed by atoms with E-state index in [0.717, 1.165) is 30.0 Å². The van der Waals surface area contributed by atoms with Crippen LogP contribution in [0.1, 0.15) is 77.6 Å². The molecule has 1 aliphatic heterocycles. The average molecular weight is 861 g/mol. The van der Waals surface area contributed by atoms with Crippen LogP contribution in [0.25, 0.3) is 0 Å². The fourth-order valence-corrected chi connectivity index (χ4v) is 6.54. The number of primary amides is 1. The first-order valence-electron chi connectivity index (χ1n) is 20.5. The minimum absolute atomic E-state index is 0.00275. The number of nitrogens with one attached hydrogen (secondary N) is 6. The van der Waals surface area contributed by atoms with E-state index in [4.69, 9.17) is 24.7 Å². The molecule has 0 aromatic rings. The third kappa shape index (κ3) is 28.3. The molecule has 1 saturated heterocycles. The number of thioether (sulfide) groups is 1. The van der Waals surface area contributed by atoms with Crippen molar-refractivity contribution in [2.24, 2.45) is 5.73 Å². The molecule has 8 amide bonds. The molecule has 1 heterocycles. The van der Waals surface area contributed by atoms with Gasteiger partial charge in [-0.05, 0) is 38.5 Å². The van der Waals surface area contributed by atoms with Crippen molar-refractivity contribution in [3.05, 3.63) is 0 Å². The predicted molar refractivity (Wildman–Crippen MR) is 220 cm³/mol. The lowest BCUT2D eigenvalue weighted by atomic mass is 10.1. The maximum atomic E-state index is 12.5. The number of rotatable bonds is 38. The fraction of sp³-hybridized carbons (Fsp3) is 0.789. The van der Waals surface area contributed by atoms with E-state index in [-0.39, 0.29) is 132 Å². The molecule has 20 nitrogen and oxygen atoms in total.